The first kappa shape index (κ1) is 17.0. The summed E-state index contributed by atoms with van der Waals surface area (Å²) in [5.41, 5.74) is 1.64. The maximum absolute atomic E-state index is 12.4. The van der Waals surface area contributed by atoms with E-state index < -0.39 is 5.97 Å². The number of carbonyl (C=O) groups excluding carboxylic acids is 1. The van der Waals surface area contributed by atoms with E-state index in [0.29, 0.717) is 32.3 Å². The quantitative estimate of drug-likeness (QED) is 0.833. The van der Waals surface area contributed by atoms with E-state index in [1.54, 1.807) is 7.11 Å². The lowest BCUT2D eigenvalue weighted by atomic mass is 9.81. The minimum Gasteiger partial charge on any atom is -0.481 e. The molecule has 1 aliphatic rings. The molecule has 0 aromatic heterocycles. The van der Waals surface area contributed by atoms with Crippen molar-refractivity contribution in [2.24, 2.45) is 11.8 Å². The van der Waals surface area contributed by atoms with Crippen LogP contribution in [0.1, 0.15) is 31.2 Å². The summed E-state index contributed by atoms with van der Waals surface area (Å²) in [6, 6.07) is 5.61. The van der Waals surface area contributed by atoms with Crippen LogP contribution in [0, 0.1) is 11.8 Å². The molecule has 0 aliphatic heterocycles. The van der Waals surface area contributed by atoms with Crippen molar-refractivity contribution in [1.29, 1.82) is 0 Å². The van der Waals surface area contributed by atoms with Crippen LogP contribution in [-0.4, -0.2) is 24.1 Å². The van der Waals surface area contributed by atoms with Crippen molar-refractivity contribution in [3.63, 3.8) is 0 Å². The molecule has 1 aliphatic carbocycles. The minimum absolute atomic E-state index is 0.0423. The Morgan fingerprint density at radius 1 is 1.27 bits per heavy atom. The average Bonchev–Trinajstić information content (AvgIpc) is 2.51. The molecule has 2 N–H and O–H groups in total. The summed E-state index contributed by atoms with van der Waals surface area (Å²) in [5.74, 6) is -1.23. The van der Waals surface area contributed by atoms with Gasteiger partial charge >= 0.3 is 5.97 Å². The number of nitrogens with one attached hydrogen (secondary N) is 1. The molecule has 0 atom stereocenters. The first-order chi connectivity index (χ1) is 10.5. The highest BCUT2D eigenvalue weighted by atomic mass is 79.9. The van der Waals surface area contributed by atoms with Crippen LogP contribution in [-0.2, 0) is 20.9 Å². The molecule has 22 heavy (non-hydrogen) atoms. The van der Waals surface area contributed by atoms with Gasteiger partial charge in [0.15, 0.2) is 0 Å². The van der Waals surface area contributed by atoms with E-state index in [2.05, 4.69) is 21.2 Å². The number of carboxylic acid groups (broad SMARTS) is 1. The monoisotopic (exact) mass is 369 g/mol. The summed E-state index contributed by atoms with van der Waals surface area (Å²) in [6.07, 6.45) is 2.38. The second kappa shape index (κ2) is 7.74. The summed E-state index contributed by atoms with van der Waals surface area (Å²) < 4.78 is 6.06. The molecule has 120 valence electrons. The van der Waals surface area contributed by atoms with Crippen LogP contribution >= 0.6 is 15.9 Å². The standard InChI is InChI=1S/C16H20BrNO4/c1-22-9-12-13(17)3-2-4-14(12)18-15(19)10-5-7-11(8-6-10)16(20)21/h2-4,10-11H,5-9H2,1H3,(H,18,19)(H,20,21). The van der Waals surface area contributed by atoms with Crippen molar-refractivity contribution in [3.8, 4) is 0 Å². The third-order valence-electron chi connectivity index (χ3n) is 4.11. The summed E-state index contributed by atoms with van der Waals surface area (Å²) in [6.45, 7) is 0.406. The van der Waals surface area contributed by atoms with E-state index in [9.17, 15) is 9.59 Å². The van der Waals surface area contributed by atoms with Crippen LogP contribution in [0.2, 0.25) is 0 Å². The van der Waals surface area contributed by atoms with Gasteiger partial charge in [0.25, 0.3) is 0 Å². The highest BCUT2D eigenvalue weighted by Gasteiger charge is 2.30. The number of aliphatic carboxylic acids is 1. The van der Waals surface area contributed by atoms with Gasteiger partial charge in [-0.15, -0.1) is 0 Å². The van der Waals surface area contributed by atoms with Gasteiger partial charge in [-0.3, -0.25) is 9.59 Å². The lowest BCUT2D eigenvalue weighted by Crippen LogP contribution is -2.29. The zero-order valence-corrected chi connectivity index (χ0v) is 14.1. The number of halogens is 1. The number of benzene rings is 1. The van der Waals surface area contributed by atoms with E-state index in [-0.39, 0.29) is 17.7 Å². The number of hydrogen-bond acceptors (Lipinski definition) is 3. The Morgan fingerprint density at radius 2 is 1.91 bits per heavy atom. The van der Waals surface area contributed by atoms with Crippen LogP contribution in [0.25, 0.3) is 0 Å². The molecule has 0 saturated heterocycles. The average molecular weight is 370 g/mol. The predicted molar refractivity (Wildman–Crippen MR) is 86.6 cm³/mol. The van der Waals surface area contributed by atoms with Crippen molar-refractivity contribution in [1.82, 2.24) is 0 Å². The number of carbonyl (C=O) groups is 2. The zero-order chi connectivity index (χ0) is 16.1. The number of rotatable bonds is 5. The maximum atomic E-state index is 12.4. The van der Waals surface area contributed by atoms with Crippen LogP contribution in [0.3, 0.4) is 0 Å². The molecule has 0 spiro atoms. The summed E-state index contributed by atoms with van der Waals surface area (Å²) in [7, 11) is 1.61. The van der Waals surface area contributed by atoms with Gasteiger partial charge in [0.2, 0.25) is 5.91 Å². The topological polar surface area (TPSA) is 75.6 Å². The van der Waals surface area contributed by atoms with E-state index >= 15 is 0 Å². The van der Waals surface area contributed by atoms with Crippen LogP contribution in [0.4, 0.5) is 5.69 Å². The maximum Gasteiger partial charge on any atom is 0.306 e. The van der Waals surface area contributed by atoms with Crippen molar-refractivity contribution in [3.05, 3.63) is 28.2 Å². The van der Waals surface area contributed by atoms with E-state index in [4.69, 9.17) is 9.84 Å². The predicted octanol–water partition coefficient (Wildman–Crippen LogP) is 3.43. The van der Waals surface area contributed by atoms with Gasteiger partial charge in [0.1, 0.15) is 0 Å². The molecule has 5 nitrogen and oxygen atoms in total. The third kappa shape index (κ3) is 4.08. The van der Waals surface area contributed by atoms with Gasteiger partial charge < -0.3 is 15.2 Å². The molecular weight excluding hydrogens is 350 g/mol. The lowest BCUT2D eigenvalue weighted by Gasteiger charge is -2.25. The fourth-order valence-corrected chi connectivity index (χ4v) is 3.28. The van der Waals surface area contributed by atoms with Gasteiger partial charge in [-0.05, 0) is 37.8 Å². The Hall–Kier alpha value is -1.40. The molecule has 2 rings (SSSR count). The van der Waals surface area contributed by atoms with Crippen LogP contribution in [0.5, 0.6) is 0 Å². The fourth-order valence-electron chi connectivity index (χ4n) is 2.80. The summed E-state index contributed by atoms with van der Waals surface area (Å²) in [4.78, 5) is 23.4. The van der Waals surface area contributed by atoms with E-state index in [1.165, 1.54) is 0 Å². The second-order valence-corrected chi connectivity index (χ2v) is 6.43. The molecule has 0 unspecified atom stereocenters. The number of anilines is 1. The van der Waals surface area contributed by atoms with Gasteiger partial charge in [0.05, 0.1) is 12.5 Å². The fraction of sp³-hybridized carbons (Fsp3) is 0.500. The van der Waals surface area contributed by atoms with Crippen LogP contribution in [0.15, 0.2) is 22.7 Å². The SMILES string of the molecule is COCc1c(Br)cccc1NC(=O)C1CCC(C(=O)O)CC1. The summed E-state index contributed by atoms with van der Waals surface area (Å²) in [5, 5.41) is 12.0. The third-order valence-corrected chi connectivity index (χ3v) is 4.86. The Bertz CT molecular complexity index is 553. The first-order valence-electron chi connectivity index (χ1n) is 7.33. The van der Waals surface area contributed by atoms with Crippen molar-refractivity contribution in [2.45, 2.75) is 32.3 Å². The molecule has 1 amide bonds. The van der Waals surface area contributed by atoms with Gasteiger partial charge in [-0.1, -0.05) is 22.0 Å². The molecule has 0 radical (unpaired) electrons. The molecule has 1 saturated carbocycles. The Morgan fingerprint density at radius 3 is 2.50 bits per heavy atom. The number of hydrogen-bond donors (Lipinski definition) is 2. The molecular formula is C16H20BrNO4. The number of carboxylic acids is 1. The summed E-state index contributed by atoms with van der Waals surface area (Å²) >= 11 is 3.46. The normalized spacial score (nSPS) is 21.4. The second-order valence-electron chi connectivity index (χ2n) is 5.57. The number of ether oxygens (including phenoxy) is 1. The largest absolute Gasteiger partial charge is 0.481 e. The zero-order valence-electron chi connectivity index (χ0n) is 12.5. The van der Waals surface area contributed by atoms with Gasteiger partial charge in [0, 0.05) is 28.8 Å². The van der Waals surface area contributed by atoms with Gasteiger partial charge in [-0.25, -0.2) is 0 Å². The minimum atomic E-state index is -0.756. The van der Waals surface area contributed by atoms with Crippen LogP contribution < -0.4 is 5.32 Å². The first-order valence-corrected chi connectivity index (χ1v) is 8.12. The lowest BCUT2D eigenvalue weighted by molar-refractivity contribution is -0.143. The molecule has 0 heterocycles. The van der Waals surface area contributed by atoms with Crippen molar-refractivity contribution >= 4 is 33.5 Å². The van der Waals surface area contributed by atoms with Crippen molar-refractivity contribution in [2.75, 3.05) is 12.4 Å². The van der Waals surface area contributed by atoms with Gasteiger partial charge in [-0.2, -0.15) is 0 Å². The highest BCUT2D eigenvalue weighted by molar-refractivity contribution is 9.10. The van der Waals surface area contributed by atoms with Crippen molar-refractivity contribution < 1.29 is 19.4 Å². The molecule has 1 fully saturated rings. The Kier molecular flexibility index (Phi) is 5.97. The molecule has 1 aromatic carbocycles. The molecule has 0 bridgehead atoms. The number of amides is 1. The smallest absolute Gasteiger partial charge is 0.306 e. The van der Waals surface area contributed by atoms with E-state index in [0.717, 1.165) is 15.7 Å². The highest BCUT2D eigenvalue weighted by Crippen LogP contribution is 2.31. The molecule has 6 heteroatoms. The van der Waals surface area contributed by atoms with E-state index in [1.807, 2.05) is 18.2 Å². The Balaban J connectivity index is 2.01. The number of methoxy groups -OCH3 is 1. The Labute approximate surface area is 138 Å². The molecule has 1 aromatic rings.